The number of nitrogens with zero attached hydrogens (tertiary/aromatic N) is 2. The Morgan fingerprint density at radius 1 is 0.929 bits per heavy atom. The van der Waals surface area contributed by atoms with E-state index in [9.17, 15) is 0 Å². The molecule has 1 saturated carbocycles. The first-order chi connectivity index (χ1) is 13.7. The summed E-state index contributed by atoms with van der Waals surface area (Å²) in [6.45, 7) is 2.00. The zero-order valence-electron chi connectivity index (χ0n) is 15.9. The summed E-state index contributed by atoms with van der Waals surface area (Å²) in [6.07, 6.45) is 5.45. The van der Waals surface area contributed by atoms with Gasteiger partial charge in [-0.05, 0) is 44.0 Å². The second-order valence-electron chi connectivity index (χ2n) is 7.51. The Bertz CT molecular complexity index is 964. The summed E-state index contributed by atoms with van der Waals surface area (Å²) >= 11 is 0. The Kier molecular flexibility index (Phi) is 4.19. The van der Waals surface area contributed by atoms with Crippen molar-refractivity contribution in [3.05, 3.63) is 54.4 Å². The van der Waals surface area contributed by atoms with Gasteiger partial charge in [0.25, 0.3) is 5.79 Å². The van der Waals surface area contributed by atoms with Crippen LogP contribution in [-0.4, -0.2) is 16.0 Å². The van der Waals surface area contributed by atoms with E-state index in [0.29, 0.717) is 11.8 Å². The van der Waals surface area contributed by atoms with E-state index < -0.39 is 5.79 Å². The van der Waals surface area contributed by atoms with Gasteiger partial charge in [0.2, 0.25) is 11.8 Å². The van der Waals surface area contributed by atoms with Crippen LogP contribution >= 0.6 is 0 Å². The highest BCUT2D eigenvalue weighted by Gasteiger charge is 2.42. The van der Waals surface area contributed by atoms with Gasteiger partial charge in [-0.25, -0.2) is 0 Å². The minimum Gasteiger partial charge on any atom is -0.448 e. The molecule has 1 N–H and O–H groups in total. The van der Waals surface area contributed by atoms with Crippen LogP contribution in [0.25, 0.3) is 11.5 Å². The molecule has 2 aliphatic rings. The van der Waals surface area contributed by atoms with Crippen LogP contribution in [0.2, 0.25) is 0 Å². The first kappa shape index (κ1) is 17.1. The van der Waals surface area contributed by atoms with Crippen molar-refractivity contribution in [3.63, 3.8) is 0 Å². The highest BCUT2D eigenvalue weighted by Crippen LogP contribution is 2.46. The van der Waals surface area contributed by atoms with Crippen LogP contribution in [0.3, 0.4) is 0 Å². The topological polar surface area (TPSA) is 69.4 Å². The summed E-state index contributed by atoms with van der Waals surface area (Å²) in [5.41, 5.74) is 1.84. The van der Waals surface area contributed by atoms with E-state index >= 15 is 0 Å². The standard InChI is InChI=1S/C22H23N3O3/c1-15(20-24-25-21(26-20)16-8-4-2-5-9-16)23-17-10-11-18-19(14-17)28-22(27-18)12-6-3-7-13-22/h2,4-5,8-11,14-15,23H,3,6-7,12-13H2,1H3/t15-/m1/s1. The second-order valence-corrected chi connectivity index (χ2v) is 7.51. The van der Waals surface area contributed by atoms with Crippen molar-refractivity contribution in [2.24, 2.45) is 0 Å². The first-order valence-electron chi connectivity index (χ1n) is 9.88. The molecule has 0 saturated heterocycles. The summed E-state index contributed by atoms with van der Waals surface area (Å²) in [5.74, 6) is 2.23. The summed E-state index contributed by atoms with van der Waals surface area (Å²) in [4.78, 5) is 0. The molecule has 6 nitrogen and oxygen atoms in total. The van der Waals surface area contributed by atoms with Gasteiger partial charge in [-0.2, -0.15) is 0 Å². The molecule has 5 rings (SSSR count). The van der Waals surface area contributed by atoms with E-state index in [1.54, 1.807) is 0 Å². The SMILES string of the molecule is C[C@@H](Nc1ccc2c(c1)OC1(CCCCC1)O2)c1nnc(-c2ccccc2)o1. The quantitative estimate of drug-likeness (QED) is 0.662. The molecule has 144 valence electrons. The monoisotopic (exact) mass is 377 g/mol. The minimum absolute atomic E-state index is 0.131. The molecule has 1 aliphatic carbocycles. The van der Waals surface area contributed by atoms with Crippen molar-refractivity contribution >= 4 is 5.69 Å². The van der Waals surface area contributed by atoms with Crippen molar-refractivity contribution < 1.29 is 13.9 Å². The summed E-state index contributed by atoms with van der Waals surface area (Å²) < 4.78 is 18.2. The number of fused-ring (bicyclic) bond motifs is 1. The van der Waals surface area contributed by atoms with Crippen LogP contribution in [0, 0.1) is 0 Å². The highest BCUT2D eigenvalue weighted by atomic mass is 16.7. The highest BCUT2D eigenvalue weighted by molar-refractivity contribution is 5.57. The molecule has 3 aromatic rings. The number of benzene rings is 2. The van der Waals surface area contributed by atoms with Crippen molar-refractivity contribution in [1.29, 1.82) is 0 Å². The van der Waals surface area contributed by atoms with E-state index in [-0.39, 0.29) is 6.04 Å². The normalized spacial score (nSPS) is 18.2. The molecule has 0 bridgehead atoms. The maximum atomic E-state index is 6.21. The lowest BCUT2D eigenvalue weighted by molar-refractivity contribution is -0.105. The van der Waals surface area contributed by atoms with Crippen molar-refractivity contribution in [2.45, 2.75) is 50.9 Å². The lowest BCUT2D eigenvalue weighted by atomic mass is 9.94. The van der Waals surface area contributed by atoms with Crippen molar-refractivity contribution in [2.75, 3.05) is 5.32 Å². The summed E-state index contributed by atoms with van der Waals surface area (Å²) in [7, 11) is 0. The molecule has 6 heteroatoms. The van der Waals surface area contributed by atoms with Gasteiger partial charge in [-0.15, -0.1) is 10.2 Å². The number of rotatable bonds is 4. The van der Waals surface area contributed by atoms with Gasteiger partial charge in [-0.1, -0.05) is 24.6 Å². The summed E-state index contributed by atoms with van der Waals surface area (Å²) in [6, 6.07) is 15.6. The zero-order valence-corrected chi connectivity index (χ0v) is 15.9. The Morgan fingerprint density at radius 3 is 2.54 bits per heavy atom. The van der Waals surface area contributed by atoms with Crippen LogP contribution in [0.1, 0.15) is 51.0 Å². The van der Waals surface area contributed by atoms with Gasteiger partial charge in [0.05, 0.1) is 0 Å². The Hall–Kier alpha value is -3.02. The molecule has 1 aliphatic heterocycles. The Balaban J connectivity index is 1.30. The third-order valence-electron chi connectivity index (χ3n) is 5.37. The number of ether oxygens (including phenoxy) is 2. The molecule has 1 atom stereocenters. The van der Waals surface area contributed by atoms with Crippen LogP contribution in [0.5, 0.6) is 11.5 Å². The van der Waals surface area contributed by atoms with Gasteiger partial charge >= 0.3 is 0 Å². The maximum Gasteiger partial charge on any atom is 0.251 e. The van der Waals surface area contributed by atoms with Crippen LogP contribution in [-0.2, 0) is 0 Å². The summed E-state index contributed by atoms with van der Waals surface area (Å²) in [5, 5.41) is 11.8. The lowest BCUT2D eigenvalue weighted by Crippen LogP contribution is -2.40. The van der Waals surface area contributed by atoms with E-state index in [0.717, 1.165) is 48.4 Å². The predicted molar refractivity (Wildman–Crippen MR) is 105 cm³/mol. The fourth-order valence-corrected chi connectivity index (χ4v) is 3.90. The van der Waals surface area contributed by atoms with Gasteiger partial charge in [0.1, 0.15) is 6.04 Å². The number of nitrogens with one attached hydrogen (secondary N) is 1. The molecule has 28 heavy (non-hydrogen) atoms. The van der Waals surface area contributed by atoms with Crippen molar-refractivity contribution in [1.82, 2.24) is 10.2 Å². The molecular weight excluding hydrogens is 354 g/mol. The molecule has 1 spiro atoms. The Labute approximate surface area is 163 Å². The predicted octanol–water partition coefficient (Wildman–Crippen LogP) is 5.34. The number of hydrogen-bond donors (Lipinski definition) is 1. The molecule has 0 unspecified atom stereocenters. The Morgan fingerprint density at radius 2 is 1.71 bits per heavy atom. The maximum absolute atomic E-state index is 6.21. The van der Waals surface area contributed by atoms with E-state index in [1.807, 2.05) is 55.5 Å². The third kappa shape index (κ3) is 3.19. The molecule has 2 aromatic carbocycles. The van der Waals surface area contributed by atoms with Crippen molar-refractivity contribution in [3.8, 4) is 23.0 Å². The van der Waals surface area contributed by atoms with Gasteiger partial charge in [-0.3, -0.25) is 0 Å². The fourth-order valence-electron chi connectivity index (χ4n) is 3.90. The van der Waals surface area contributed by atoms with E-state index in [2.05, 4.69) is 15.5 Å². The van der Waals surface area contributed by atoms with Crippen LogP contribution in [0.4, 0.5) is 5.69 Å². The smallest absolute Gasteiger partial charge is 0.251 e. The molecular formula is C22H23N3O3. The first-order valence-corrected chi connectivity index (χ1v) is 9.88. The number of hydrogen-bond acceptors (Lipinski definition) is 6. The van der Waals surface area contributed by atoms with E-state index in [4.69, 9.17) is 13.9 Å². The van der Waals surface area contributed by atoms with E-state index in [1.165, 1.54) is 6.42 Å². The largest absolute Gasteiger partial charge is 0.448 e. The lowest BCUT2D eigenvalue weighted by Gasteiger charge is -2.31. The van der Waals surface area contributed by atoms with Gasteiger partial charge in [0, 0.05) is 30.2 Å². The fraction of sp³-hybridized carbons (Fsp3) is 0.364. The third-order valence-corrected chi connectivity index (χ3v) is 5.37. The molecule has 1 fully saturated rings. The zero-order chi connectivity index (χ0) is 19.0. The van der Waals surface area contributed by atoms with Gasteiger partial charge < -0.3 is 19.2 Å². The molecule has 0 amide bonds. The molecule has 0 radical (unpaired) electrons. The average molecular weight is 377 g/mol. The number of anilines is 1. The van der Waals surface area contributed by atoms with Crippen LogP contribution < -0.4 is 14.8 Å². The second kappa shape index (κ2) is 6.86. The van der Waals surface area contributed by atoms with Gasteiger partial charge in [0.15, 0.2) is 11.5 Å². The minimum atomic E-state index is -0.456. The molecule has 2 heterocycles. The number of aromatic nitrogens is 2. The average Bonchev–Trinajstić information content (AvgIpc) is 3.34. The van der Waals surface area contributed by atoms with Crippen LogP contribution in [0.15, 0.2) is 52.9 Å². The molecule has 1 aromatic heterocycles.